The summed E-state index contributed by atoms with van der Waals surface area (Å²) in [6, 6.07) is 0.785. The number of rotatable bonds is 4. The molecule has 0 saturated carbocycles. The summed E-state index contributed by atoms with van der Waals surface area (Å²) in [7, 11) is 0. The molecule has 0 aromatic heterocycles. The van der Waals surface area contributed by atoms with Gasteiger partial charge in [0, 0.05) is 51.4 Å². The zero-order chi connectivity index (χ0) is 16.2. The van der Waals surface area contributed by atoms with Crippen molar-refractivity contribution in [2.24, 2.45) is 5.92 Å². The van der Waals surface area contributed by atoms with Gasteiger partial charge in [-0.15, -0.1) is 11.6 Å². The van der Waals surface area contributed by atoms with Crippen molar-refractivity contribution in [2.75, 3.05) is 45.8 Å². The third-order valence-electron chi connectivity index (χ3n) is 5.65. The third kappa shape index (κ3) is 4.17. The van der Waals surface area contributed by atoms with Crippen LogP contribution in [0.5, 0.6) is 0 Å². The molecule has 132 valence electrons. The number of hydrazine groups is 1. The molecule has 3 rings (SSSR count). The normalized spacial score (nSPS) is 37.6. The molecule has 0 bridgehead atoms. The van der Waals surface area contributed by atoms with Crippen LogP contribution in [-0.2, 0) is 4.79 Å². The summed E-state index contributed by atoms with van der Waals surface area (Å²) in [5.74, 6) is 0.674. The summed E-state index contributed by atoms with van der Waals surface area (Å²) < 4.78 is 0. The fraction of sp³-hybridized carbons (Fsp3) is 0.938. The van der Waals surface area contributed by atoms with E-state index in [0.29, 0.717) is 6.04 Å². The molecule has 23 heavy (non-hydrogen) atoms. The molecule has 3 heterocycles. The molecule has 3 aliphatic heterocycles. The molecule has 6 nitrogen and oxygen atoms in total. The van der Waals surface area contributed by atoms with E-state index >= 15 is 0 Å². The van der Waals surface area contributed by atoms with Crippen molar-refractivity contribution in [3.8, 4) is 0 Å². The van der Waals surface area contributed by atoms with Gasteiger partial charge < -0.3 is 10.2 Å². The molecular formula is C16H30ClN5O. The van der Waals surface area contributed by atoms with E-state index in [2.05, 4.69) is 32.9 Å². The average molecular weight is 344 g/mol. The molecule has 0 aromatic rings. The second kappa shape index (κ2) is 8.12. The quantitative estimate of drug-likeness (QED) is 0.627. The summed E-state index contributed by atoms with van der Waals surface area (Å²) >= 11 is 6.28. The zero-order valence-electron chi connectivity index (χ0n) is 14.1. The minimum Gasteiger partial charge on any atom is -0.314 e. The van der Waals surface area contributed by atoms with E-state index in [0.717, 1.165) is 38.6 Å². The summed E-state index contributed by atoms with van der Waals surface area (Å²) in [5.41, 5.74) is 5.57. The van der Waals surface area contributed by atoms with Gasteiger partial charge in [-0.2, -0.15) is 0 Å². The Morgan fingerprint density at radius 2 is 2.04 bits per heavy atom. The number of amides is 1. The van der Waals surface area contributed by atoms with E-state index < -0.39 is 5.38 Å². The highest BCUT2D eigenvalue weighted by atomic mass is 35.5. The van der Waals surface area contributed by atoms with Crippen molar-refractivity contribution in [3.63, 3.8) is 0 Å². The molecule has 0 aliphatic carbocycles. The van der Waals surface area contributed by atoms with Gasteiger partial charge in [-0.05, 0) is 31.7 Å². The lowest BCUT2D eigenvalue weighted by molar-refractivity contribution is -0.125. The molecular weight excluding hydrogens is 314 g/mol. The molecule has 0 aromatic carbocycles. The molecule has 3 aliphatic rings. The van der Waals surface area contributed by atoms with Gasteiger partial charge in [0.15, 0.2) is 0 Å². The summed E-state index contributed by atoms with van der Waals surface area (Å²) in [5, 5.41) is 3.22. The summed E-state index contributed by atoms with van der Waals surface area (Å²) in [6.45, 7) is 9.55. The minimum absolute atomic E-state index is 0.104. The monoisotopic (exact) mass is 343 g/mol. The second-order valence-electron chi connectivity index (χ2n) is 7.05. The van der Waals surface area contributed by atoms with Crippen molar-refractivity contribution >= 4 is 17.5 Å². The van der Waals surface area contributed by atoms with Crippen LogP contribution in [0.25, 0.3) is 0 Å². The molecule has 3 fully saturated rings. The first-order valence-corrected chi connectivity index (χ1v) is 9.49. The minimum atomic E-state index is -0.449. The zero-order valence-corrected chi connectivity index (χ0v) is 14.8. The van der Waals surface area contributed by atoms with Gasteiger partial charge in [0.2, 0.25) is 0 Å². The van der Waals surface area contributed by atoms with Crippen LogP contribution in [-0.4, -0.2) is 79.0 Å². The smallest absolute Gasteiger partial charge is 0.253 e. The number of halogens is 1. The fourth-order valence-corrected chi connectivity index (χ4v) is 4.53. The highest BCUT2D eigenvalue weighted by Crippen LogP contribution is 2.22. The van der Waals surface area contributed by atoms with Gasteiger partial charge >= 0.3 is 0 Å². The van der Waals surface area contributed by atoms with E-state index in [1.54, 1.807) is 0 Å². The van der Waals surface area contributed by atoms with E-state index in [9.17, 15) is 4.79 Å². The van der Waals surface area contributed by atoms with Gasteiger partial charge in [-0.3, -0.25) is 15.1 Å². The number of hydrogen-bond donors (Lipinski definition) is 3. The Morgan fingerprint density at radius 1 is 1.26 bits per heavy atom. The number of carbonyl (C=O) groups is 1. The van der Waals surface area contributed by atoms with Gasteiger partial charge in [-0.25, -0.2) is 5.43 Å². The van der Waals surface area contributed by atoms with Crippen molar-refractivity contribution in [1.29, 1.82) is 0 Å². The van der Waals surface area contributed by atoms with E-state index in [1.807, 2.05) is 0 Å². The highest BCUT2D eigenvalue weighted by molar-refractivity contribution is 6.31. The van der Waals surface area contributed by atoms with Crippen molar-refractivity contribution < 1.29 is 4.79 Å². The molecule has 1 amide bonds. The van der Waals surface area contributed by atoms with Gasteiger partial charge in [0.1, 0.15) is 5.38 Å². The van der Waals surface area contributed by atoms with Gasteiger partial charge in [0.25, 0.3) is 5.91 Å². The maximum absolute atomic E-state index is 11.7. The standard InChI is InChI=1S/C16H30ClN5O/c1-2-13-12(4-3-5-18-13)11-21-6-8-22(9-7-21)14-10-19-20-16(23)15(14)17/h12-15,18-19H,2-11H2,1H3,(H,20,23). The molecule has 4 unspecified atom stereocenters. The second-order valence-corrected chi connectivity index (χ2v) is 7.52. The third-order valence-corrected chi connectivity index (χ3v) is 6.14. The van der Waals surface area contributed by atoms with Crippen LogP contribution in [0.4, 0.5) is 0 Å². The number of piperazine rings is 1. The fourth-order valence-electron chi connectivity index (χ4n) is 4.23. The van der Waals surface area contributed by atoms with Crippen LogP contribution in [0.1, 0.15) is 26.2 Å². The predicted octanol–water partition coefficient (Wildman–Crippen LogP) is -0.00740. The predicted molar refractivity (Wildman–Crippen MR) is 92.4 cm³/mol. The molecule has 0 radical (unpaired) electrons. The lowest BCUT2D eigenvalue weighted by atomic mass is 9.88. The van der Waals surface area contributed by atoms with E-state index in [1.165, 1.54) is 32.4 Å². The Bertz CT molecular complexity index is 402. The maximum atomic E-state index is 11.7. The Balaban J connectivity index is 1.47. The molecule has 3 saturated heterocycles. The number of alkyl halides is 1. The van der Waals surface area contributed by atoms with Gasteiger partial charge in [-0.1, -0.05) is 6.92 Å². The largest absolute Gasteiger partial charge is 0.314 e. The van der Waals surface area contributed by atoms with Crippen molar-refractivity contribution in [3.05, 3.63) is 0 Å². The van der Waals surface area contributed by atoms with E-state index in [4.69, 9.17) is 11.6 Å². The molecule has 4 atom stereocenters. The Morgan fingerprint density at radius 3 is 2.78 bits per heavy atom. The first kappa shape index (κ1) is 17.4. The summed E-state index contributed by atoms with van der Waals surface area (Å²) in [4.78, 5) is 16.7. The Hall–Kier alpha value is -0.400. The van der Waals surface area contributed by atoms with Crippen LogP contribution >= 0.6 is 11.6 Å². The van der Waals surface area contributed by atoms with Gasteiger partial charge in [0.05, 0.1) is 0 Å². The van der Waals surface area contributed by atoms with Crippen LogP contribution in [0.2, 0.25) is 0 Å². The van der Waals surface area contributed by atoms with Crippen molar-refractivity contribution in [2.45, 2.75) is 43.6 Å². The number of carbonyl (C=O) groups excluding carboxylic acids is 1. The lowest BCUT2D eigenvalue weighted by Gasteiger charge is -2.44. The number of nitrogens with zero attached hydrogens (tertiary/aromatic N) is 2. The molecule has 3 N–H and O–H groups in total. The van der Waals surface area contributed by atoms with Crippen LogP contribution in [0.15, 0.2) is 0 Å². The van der Waals surface area contributed by atoms with Crippen LogP contribution < -0.4 is 16.2 Å². The van der Waals surface area contributed by atoms with Crippen LogP contribution in [0.3, 0.4) is 0 Å². The Kier molecular flexibility index (Phi) is 6.15. The first-order chi connectivity index (χ1) is 11.2. The van der Waals surface area contributed by atoms with Crippen LogP contribution in [0, 0.1) is 5.92 Å². The van der Waals surface area contributed by atoms with E-state index in [-0.39, 0.29) is 11.9 Å². The number of hydrogen-bond acceptors (Lipinski definition) is 5. The number of piperidine rings is 1. The highest BCUT2D eigenvalue weighted by Gasteiger charge is 2.36. The maximum Gasteiger partial charge on any atom is 0.253 e. The molecule has 7 heteroatoms. The SMILES string of the molecule is CCC1NCCCC1CN1CCN(C2CNNC(=O)C2Cl)CC1. The summed E-state index contributed by atoms with van der Waals surface area (Å²) in [6.07, 6.45) is 3.88. The first-order valence-electron chi connectivity index (χ1n) is 9.05. The lowest BCUT2D eigenvalue weighted by Crippen LogP contribution is -2.64. The number of nitrogens with one attached hydrogen (secondary N) is 3. The average Bonchev–Trinajstić information content (AvgIpc) is 2.59. The topological polar surface area (TPSA) is 59.6 Å². The Labute approximate surface area is 144 Å². The van der Waals surface area contributed by atoms with Crippen molar-refractivity contribution in [1.82, 2.24) is 26.0 Å². The molecule has 0 spiro atoms.